The van der Waals surface area contributed by atoms with Gasteiger partial charge >= 0.3 is 5.97 Å². The lowest BCUT2D eigenvalue weighted by atomic mass is 9.87. The zero-order chi connectivity index (χ0) is 20.7. The van der Waals surface area contributed by atoms with E-state index in [1.807, 2.05) is 24.3 Å². The normalized spacial score (nSPS) is 10.9. The molecule has 0 heterocycles. The molecular weight excluding hydrogens is 358 g/mol. The Hall–Kier alpha value is -3.02. The Morgan fingerprint density at radius 1 is 0.929 bits per heavy atom. The molecule has 28 heavy (non-hydrogen) atoms. The van der Waals surface area contributed by atoms with E-state index in [0.29, 0.717) is 22.7 Å². The smallest absolute Gasteiger partial charge is 0.310 e. The summed E-state index contributed by atoms with van der Waals surface area (Å²) in [5.74, 6) is 0.232. The predicted octanol–water partition coefficient (Wildman–Crippen LogP) is 3.73. The minimum absolute atomic E-state index is 0.0356. The van der Waals surface area contributed by atoms with Crippen molar-refractivity contribution in [2.45, 2.75) is 32.6 Å². The first-order chi connectivity index (χ1) is 13.2. The largest absolute Gasteiger partial charge is 0.493 e. The summed E-state index contributed by atoms with van der Waals surface area (Å²) < 4.78 is 15.4. The molecule has 1 amide bonds. The van der Waals surface area contributed by atoms with Gasteiger partial charge in [0.05, 0.1) is 20.6 Å². The molecule has 0 atom stereocenters. The molecule has 0 spiro atoms. The van der Waals surface area contributed by atoms with Crippen LogP contribution in [-0.4, -0.2) is 32.7 Å². The van der Waals surface area contributed by atoms with Crippen molar-refractivity contribution in [2.24, 2.45) is 0 Å². The Kier molecular flexibility index (Phi) is 7.04. The molecule has 0 radical (unpaired) electrons. The van der Waals surface area contributed by atoms with Crippen LogP contribution in [0, 0.1) is 0 Å². The zero-order valence-corrected chi connectivity index (χ0v) is 17.0. The average Bonchev–Trinajstić information content (AvgIpc) is 2.66. The van der Waals surface area contributed by atoms with Gasteiger partial charge in [-0.1, -0.05) is 39.0 Å². The second-order valence-electron chi connectivity index (χ2n) is 7.40. The lowest BCUT2D eigenvalue weighted by Crippen LogP contribution is -2.21. The Balaban J connectivity index is 1.84. The minimum atomic E-state index is -0.495. The first-order valence-electron chi connectivity index (χ1n) is 9.00. The fourth-order valence-corrected chi connectivity index (χ4v) is 2.60. The maximum Gasteiger partial charge on any atom is 0.310 e. The average molecular weight is 385 g/mol. The molecular formula is C22H27NO5. The Labute approximate surface area is 165 Å². The number of amides is 1. The second-order valence-corrected chi connectivity index (χ2v) is 7.40. The number of hydrogen-bond donors (Lipinski definition) is 1. The van der Waals surface area contributed by atoms with Gasteiger partial charge in [-0.15, -0.1) is 0 Å². The van der Waals surface area contributed by atoms with Gasteiger partial charge < -0.3 is 19.5 Å². The van der Waals surface area contributed by atoms with Gasteiger partial charge in [0.25, 0.3) is 5.91 Å². The van der Waals surface area contributed by atoms with E-state index >= 15 is 0 Å². The first-order valence-corrected chi connectivity index (χ1v) is 9.00. The van der Waals surface area contributed by atoms with Crippen LogP contribution in [0.5, 0.6) is 11.5 Å². The zero-order valence-electron chi connectivity index (χ0n) is 17.0. The fourth-order valence-electron chi connectivity index (χ4n) is 2.60. The van der Waals surface area contributed by atoms with E-state index in [-0.39, 0.29) is 24.3 Å². The van der Waals surface area contributed by atoms with Gasteiger partial charge in [0, 0.05) is 5.69 Å². The van der Waals surface area contributed by atoms with Gasteiger partial charge in [0.15, 0.2) is 18.1 Å². The molecule has 0 aliphatic carbocycles. The summed E-state index contributed by atoms with van der Waals surface area (Å²) in [5.41, 5.74) is 2.59. The highest BCUT2D eigenvalue weighted by Gasteiger charge is 2.14. The van der Waals surface area contributed by atoms with Crippen molar-refractivity contribution in [3.63, 3.8) is 0 Å². The van der Waals surface area contributed by atoms with Crippen molar-refractivity contribution in [1.82, 2.24) is 0 Å². The molecule has 0 saturated carbocycles. The quantitative estimate of drug-likeness (QED) is 0.735. The number of rotatable bonds is 7. The monoisotopic (exact) mass is 385 g/mol. The third-order valence-electron chi connectivity index (χ3n) is 4.20. The SMILES string of the molecule is COc1ccc(CC(=O)OCC(=O)Nc2ccc(C(C)(C)C)cc2)cc1OC. The molecule has 6 heteroatoms. The van der Waals surface area contributed by atoms with E-state index in [0.717, 1.165) is 0 Å². The number of methoxy groups -OCH3 is 2. The number of anilines is 1. The number of hydrogen-bond acceptors (Lipinski definition) is 5. The van der Waals surface area contributed by atoms with Crippen LogP contribution in [0.3, 0.4) is 0 Å². The van der Waals surface area contributed by atoms with Crippen LogP contribution in [0.2, 0.25) is 0 Å². The minimum Gasteiger partial charge on any atom is -0.493 e. The summed E-state index contributed by atoms with van der Waals surface area (Å²) in [7, 11) is 3.07. The summed E-state index contributed by atoms with van der Waals surface area (Å²) in [4.78, 5) is 24.0. The summed E-state index contributed by atoms with van der Waals surface area (Å²) in [6.07, 6.45) is 0.0356. The van der Waals surface area contributed by atoms with E-state index in [1.54, 1.807) is 25.3 Å². The van der Waals surface area contributed by atoms with Gasteiger partial charge in [-0.2, -0.15) is 0 Å². The van der Waals surface area contributed by atoms with Crippen LogP contribution in [0.1, 0.15) is 31.9 Å². The molecule has 0 fully saturated rings. The highest BCUT2D eigenvalue weighted by atomic mass is 16.5. The van der Waals surface area contributed by atoms with Crippen LogP contribution in [0.4, 0.5) is 5.69 Å². The van der Waals surface area contributed by atoms with E-state index in [9.17, 15) is 9.59 Å². The Morgan fingerprint density at radius 2 is 1.57 bits per heavy atom. The molecule has 0 bridgehead atoms. The molecule has 150 valence electrons. The van der Waals surface area contributed by atoms with Crippen LogP contribution < -0.4 is 14.8 Å². The van der Waals surface area contributed by atoms with Gasteiger partial charge in [-0.25, -0.2) is 0 Å². The molecule has 0 saturated heterocycles. The second kappa shape index (κ2) is 9.26. The molecule has 1 N–H and O–H groups in total. The third kappa shape index (κ3) is 6.01. The van der Waals surface area contributed by atoms with Crippen LogP contribution in [0.25, 0.3) is 0 Å². The van der Waals surface area contributed by atoms with Crippen molar-refractivity contribution < 1.29 is 23.8 Å². The van der Waals surface area contributed by atoms with Crippen molar-refractivity contribution in [3.05, 3.63) is 53.6 Å². The van der Waals surface area contributed by atoms with E-state index in [1.165, 1.54) is 12.7 Å². The number of benzene rings is 2. The van der Waals surface area contributed by atoms with Gasteiger partial charge in [-0.05, 0) is 40.8 Å². The number of nitrogens with one attached hydrogen (secondary N) is 1. The summed E-state index contributed by atoms with van der Waals surface area (Å²) in [6.45, 7) is 6.03. The number of carbonyl (C=O) groups is 2. The van der Waals surface area contributed by atoms with Gasteiger partial charge in [0.2, 0.25) is 0 Å². The topological polar surface area (TPSA) is 73.9 Å². The lowest BCUT2D eigenvalue weighted by Gasteiger charge is -2.19. The van der Waals surface area contributed by atoms with Crippen LogP contribution in [0.15, 0.2) is 42.5 Å². The van der Waals surface area contributed by atoms with Gasteiger partial charge in [-0.3, -0.25) is 9.59 Å². The van der Waals surface area contributed by atoms with Crippen molar-refractivity contribution in [1.29, 1.82) is 0 Å². The van der Waals surface area contributed by atoms with Gasteiger partial charge in [0.1, 0.15) is 0 Å². The van der Waals surface area contributed by atoms with Crippen molar-refractivity contribution in [2.75, 3.05) is 26.1 Å². The fraction of sp³-hybridized carbons (Fsp3) is 0.364. The van der Waals surface area contributed by atoms with E-state index in [4.69, 9.17) is 14.2 Å². The lowest BCUT2D eigenvalue weighted by molar-refractivity contribution is -0.146. The number of carbonyl (C=O) groups excluding carboxylic acids is 2. The molecule has 0 aliphatic heterocycles. The predicted molar refractivity (Wildman–Crippen MR) is 108 cm³/mol. The highest BCUT2D eigenvalue weighted by Crippen LogP contribution is 2.27. The molecule has 2 aromatic carbocycles. The molecule has 0 aliphatic rings. The molecule has 6 nitrogen and oxygen atoms in total. The maximum atomic E-state index is 12.0. The molecule has 0 unspecified atom stereocenters. The summed E-state index contributed by atoms with van der Waals surface area (Å²) in [5, 5.41) is 2.72. The van der Waals surface area contributed by atoms with Crippen LogP contribution >= 0.6 is 0 Å². The molecule has 0 aromatic heterocycles. The number of esters is 1. The standard InChI is InChI=1S/C22H27NO5/c1-22(2,3)16-7-9-17(10-8-16)23-20(24)14-28-21(25)13-15-6-11-18(26-4)19(12-15)27-5/h6-12H,13-14H2,1-5H3,(H,23,24). The van der Waals surface area contributed by atoms with Crippen molar-refractivity contribution >= 4 is 17.6 Å². The van der Waals surface area contributed by atoms with Crippen LogP contribution in [-0.2, 0) is 26.2 Å². The third-order valence-corrected chi connectivity index (χ3v) is 4.20. The van der Waals surface area contributed by atoms with E-state index < -0.39 is 5.97 Å². The highest BCUT2D eigenvalue weighted by molar-refractivity contribution is 5.92. The first kappa shape index (κ1) is 21.3. The molecule has 2 rings (SSSR count). The Bertz CT molecular complexity index is 822. The van der Waals surface area contributed by atoms with E-state index in [2.05, 4.69) is 26.1 Å². The summed E-state index contributed by atoms with van der Waals surface area (Å²) >= 11 is 0. The number of ether oxygens (including phenoxy) is 3. The molecule has 2 aromatic rings. The summed E-state index contributed by atoms with van der Waals surface area (Å²) in [6, 6.07) is 12.8. The van der Waals surface area contributed by atoms with Crippen molar-refractivity contribution in [3.8, 4) is 11.5 Å². The Morgan fingerprint density at radius 3 is 2.14 bits per heavy atom. The maximum absolute atomic E-state index is 12.0.